The first-order valence-corrected chi connectivity index (χ1v) is 8.26. The van der Waals surface area contributed by atoms with Gasteiger partial charge in [0, 0.05) is 17.8 Å². The molecule has 0 aliphatic rings. The molecule has 26 heavy (non-hydrogen) atoms. The molecule has 0 saturated heterocycles. The molecule has 0 amide bonds. The van der Waals surface area contributed by atoms with Crippen LogP contribution in [0.15, 0.2) is 84.9 Å². The lowest BCUT2D eigenvalue weighted by molar-refractivity contribution is -0.384. The zero-order chi connectivity index (χ0) is 18.4. The van der Waals surface area contributed by atoms with Crippen LogP contribution in [-0.2, 0) is 0 Å². The number of anilines is 3. The minimum absolute atomic E-state index is 0.0321. The number of nitrogens with zero attached hydrogens (tertiary/aromatic N) is 2. The van der Waals surface area contributed by atoms with E-state index >= 15 is 0 Å². The predicted octanol–water partition coefficient (Wildman–Crippen LogP) is 4.63. The molecule has 0 aliphatic carbocycles. The summed E-state index contributed by atoms with van der Waals surface area (Å²) in [5, 5.41) is 16.0. The second-order valence-electron chi connectivity index (χ2n) is 5.38. The minimum atomic E-state index is -0.438. The molecule has 7 heteroatoms. The van der Waals surface area contributed by atoms with Gasteiger partial charge in [-0.2, -0.15) is 0 Å². The molecule has 6 nitrogen and oxygen atoms in total. The number of nitro benzene ring substituents is 1. The van der Waals surface area contributed by atoms with Crippen LogP contribution in [0.3, 0.4) is 0 Å². The van der Waals surface area contributed by atoms with Crippen LogP contribution in [0.25, 0.3) is 0 Å². The van der Waals surface area contributed by atoms with E-state index in [1.807, 2.05) is 65.7 Å². The molecule has 0 unspecified atom stereocenters. The molecule has 0 bridgehead atoms. The van der Waals surface area contributed by atoms with E-state index in [0.29, 0.717) is 10.8 Å². The summed E-state index contributed by atoms with van der Waals surface area (Å²) in [6, 6.07) is 25.6. The van der Waals surface area contributed by atoms with Gasteiger partial charge in [0.2, 0.25) is 0 Å². The first-order chi connectivity index (χ1) is 12.6. The highest BCUT2D eigenvalue weighted by Gasteiger charge is 2.11. The smallest absolute Gasteiger partial charge is 0.269 e. The van der Waals surface area contributed by atoms with Crippen LogP contribution < -0.4 is 15.8 Å². The molecule has 3 rings (SSSR count). The number of thiocarbonyl (C=S) groups is 1. The molecule has 0 radical (unpaired) electrons. The van der Waals surface area contributed by atoms with E-state index in [2.05, 4.69) is 10.7 Å². The molecule has 0 aromatic heterocycles. The molecule has 0 saturated carbocycles. The fourth-order valence-corrected chi connectivity index (χ4v) is 2.57. The Labute approximate surface area is 156 Å². The summed E-state index contributed by atoms with van der Waals surface area (Å²) in [7, 11) is 0. The van der Waals surface area contributed by atoms with Crippen molar-refractivity contribution in [3.8, 4) is 0 Å². The molecule has 0 aliphatic heterocycles. The SMILES string of the molecule is O=[N+]([O-])c1ccc(NC(=S)NN(c2ccccc2)c2ccccc2)cc1. The number of hydrazine groups is 1. The normalized spacial score (nSPS) is 10.0. The lowest BCUT2D eigenvalue weighted by Gasteiger charge is -2.27. The number of hydrogen-bond donors (Lipinski definition) is 2. The minimum Gasteiger partial charge on any atom is -0.331 e. The van der Waals surface area contributed by atoms with Gasteiger partial charge in [-0.05, 0) is 48.6 Å². The van der Waals surface area contributed by atoms with Crippen LogP contribution in [0.4, 0.5) is 22.7 Å². The fourth-order valence-electron chi connectivity index (χ4n) is 2.36. The third kappa shape index (κ3) is 4.34. The highest BCUT2D eigenvalue weighted by Crippen LogP contribution is 2.23. The lowest BCUT2D eigenvalue weighted by Crippen LogP contribution is -2.41. The number of hydrogen-bond acceptors (Lipinski definition) is 4. The van der Waals surface area contributed by atoms with Crippen molar-refractivity contribution in [2.24, 2.45) is 0 Å². The van der Waals surface area contributed by atoms with Crippen LogP contribution in [0.5, 0.6) is 0 Å². The van der Waals surface area contributed by atoms with E-state index in [0.717, 1.165) is 11.4 Å². The Morgan fingerprint density at radius 2 is 1.35 bits per heavy atom. The third-order valence-corrected chi connectivity index (χ3v) is 3.77. The third-order valence-electron chi connectivity index (χ3n) is 3.58. The molecular formula is C19H16N4O2S. The maximum atomic E-state index is 10.7. The maximum absolute atomic E-state index is 10.7. The Kier molecular flexibility index (Phi) is 5.40. The highest BCUT2D eigenvalue weighted by atomic mass is 32.1. The molecule has 0 fully saturated rings. The van der Waals surface area contributed by atoms with Crippen molar-refractivity contribution < 1.29 is 4.92 Å². The van der Waals surface area contributed by atoms with Gasteiger partial charge in [0.15, 0.2) is 5.11 Å². The van der Waals surface area contributed by atoms with E-state index in [1.165, 1.54) is 12.1 Å². The van der Waals surface area contributed by atoms with E-state index in [4.69, 9.17) is 12.2 Å². The highest BCUT2D eigenvalue weighted by molar-refractivity contribution is 7.80. The van der Waals surface area contributed by atoms with Crippen molar-refractivity contribution in [2.45, 2.75) is 0 Å². The predicted molar refractivity (Wildman–Crippen MR) is 107 cm³/mol. The summed E-state index contributed by atoms with van der Waals surface area (Å²) in [5.41, 5.74) is 5.69. The number of rotatable bonds is 5. The van der Waals surface area contributed by atoms with Crippen molar-refractivity contribution in [3.05, 3.63) is 95.0 Å². The zero-order valence-electron chi connectivity index (χ0n) is 13.7. The number of non-ortho nitro benzene ring substituents is 1. The summed E-state index contributed by atoms with van der Waals surface area (Å²) in [4.78, 5) is 10.3. The lowest BCUT2D eigenvalue weighted by atomic mass is 10.2. The fraction of sp³-hybridized carbons (Fsp3) is 0. The second kappa shape index (κ2) is 8.09. The summed E-state index contributed by atoms with van der Waals surface area (Å²) in [6.45, 7) is 0. The molecule has 3 aromatic rings. The number of benzene rings is 3. The van der Waals surface area contributed by atoms with Crippen LogP contribution in [0.2, 0.25) is 0 Å². The first kappa shape index (κ1) is 17.4. The zero-order valence-corrected chi connectivity index (χ0v) is 14.5. The van der Waals surface area contributed by atoms with Gasteiger partial charge >= 0.3 is 0 Å². The molecule has 0 spiro atoms. The monoisotopic (exact) mass is 364 g/mol. The van der Waals surface area contributed by atoms with E-state index in [9.17, 15) is 10.1 Å². The van der Waals surface area contributed by atoms with Gasteiger partial charge in [0.25, 0.3) is 5.69 Å². The summed E-state index contributed by atoms with van der Waals surface area (Å²) < 4.78 is 0. The number of nitro groups is 1. The van der Waals surface area contributed by atoms with E-state index in [1.54, 1.807) is 12.1 Å². The molecule has 0 heterocycles. The topological polar surface area (TPSA) is 70.4 Å². The summed E-state index contributed by atoms with van der Waals surface area (Å²) in [6.07, 6.45) is 0. The standard InChI is InChI=1S/C19H16N4O2S/c24-23(25)18-13-11-15(12-14-18)20-19(26)21-22(16-7-3-1-4-8-16)17-9-5-2-6-10-17/h1-14H,(H2,20,21,26). The number of para-hydroxylation sites is 2. The first-order valence-electron chi connectivity index (χ1n) is 7.86. The van der Waals surface area contributed by atoms with Crippen LogP contribution in [0.1, 0.15) is 0 Å². The Bertz CT molecular complexity index is 847. The maximum Gasteiger partial charge on any atom is 0.269 e. The molecule has 0 atom stereocenters. The van der Waals surface area contributed by atoms with Gasteiger partial charge in [-0.1, -0.05) is 36.4 Å². The second-order valence-corrected chi connectivity index (χ2v) is 5.78. The Morgan fingerprint density at radius 3 is 1.81 bits per heavy atom. The average Bonchev–Trinajstić information content (AvgIpc) is 2.68. The van der Waals surface area contributed by atoms with Gasteiger partial charge in [0.1, 0.15) is 0 Å². The van der Waals surface area contributed by atoms with Gasteiger partial charge < -0.3 is 5.32 Å². The summed E-state index contributed by atoms with van der Waals surface area (Å²) >= 11 is 5.40. The van der Waals surface area contributed by atoms with Crippen LogP contribution in [-0.4, -0.2) is 10.0 Å². The molecular weight excluding hydrogens is 348 g/mol. The van der Waals surface area contributed by atoms with Crippen LogP contribution in [0, 0.1) is 10.1 Å². The molecule has 2 N–H and O–H groups in total. The quantitative estimate of drug-likeness (QED) is 0.391. The van der Waals surface area contributed by atoms with Gasteiger partial charge in [-0.15, -0.1) is 0 Å². The van der Waals surface area contributed by atoms with Crippen LogP contribution >= 0.6 is 12.2 Å². The number of nitrogens with one attached hydrogen (secondary N) is 2. The van der Waals surface area contributed by atoms with Crippen molar-refractivity contribution in [1.29, 1.82) is 0 Å². The largest absolute Gasteiger partial charge is 0.331 e. The van der Waals surface area contributed by atoms with Crippen molar-refractivity contribution in [3.63, 3.8) is 0 Å². The Morgan fingerprint density at radius 1 is 0.846 bits per heavy atom. The molecule has 3 aromatic carbocycles. The van der Waals surface area contributed by atoms with Gasteiger partial charge in [-0.25, -0.2) is 0 Å². The Hall–Kier alpha value is -3.45. The Balaban J connectivity index is 1.76. The van der Waals surface area contributed by atoms with Crippen molar-refractivity contribution in [1.82, 2.24) is 5.43 Å². The molecule has 130 valence electrons. The average molecular weight is 364 g/mol. The van der Waals surface area contributed by atoms with Gasteiger partial charge in [-0.3, -0.25) is 20.5 Å². The van der Waals surface area contributed by atoms with Gasteiger partial charge in [0.05, 0.1) is 16.3 Å². The van der Waals surface area contributed by atoms with Crippen molar-refractivity contribution in [2.75, 3.05) is 10.3 Å². The van der Waals surface area contributed by atoms with E-state index < -0.39 is 4.92 Å². The summed E-state index contributed by atoms with van der Waals surface area (Å²) in [5.74, 6) is 0. The van der Waals surface area contributed by atoms with Crippen molar-refractivity contribution >= 4 is 40.1 Å². The van der Waals surface area contributed by atoms with E-state index in [-0.39, 0.29) is 5.69 Å².